The van der Waals surface area contributed by atoms with Gasteiger partial charge in [0.1, 0.15) is 7.85 Å². The Morgan fingerprint density at radius 2 is 1.72 bits per heavy atom. The molecule has 0 bridgehead atoms. The van der Waals surface area contributed by atoms with Crippen molar-refractivity contribution in [1.29, 1.82) is 0 Å². The topological polar surface area (TPSA) is 86.8 Å². The molecular formula is C22H14B4ClF2N3O4. The smallest absolute Gasteiger partial charge is 0.348 e. The van der Waals surface area contributed by atoms with Crippen LogP contribution < -0.4 is 5.32 Å². The van der Waals surface area contributed by atoms with Gasteiger partial charge in [0.15, 0.2) is 0 Å². The highest BCUT2D eigenvalue weighted by Crippen LogP contribution is 2.39. The van der Waals surface area contributed by atoms with Crippen LogP contribution in [0, 0.1) is 0 Å². The van der Waals surface area contributed by atoms with E-state index in [1.165, 1.54) is 30.3 Å². The maximum absolute atomic E-state index is 14.7. The van der Waals surface area contributed by atoms with Gasteiger partial charge in [0, 0.05) is 29.2 Å². The molecule has 1 N–H and O–H groups in total. The normalized spacial score (nSPS) is 21.2. The number of hydrogen-bond donors (Lipinski definition) is 1. The molecule has 4 amide bonds. The third-order valence-corrected chi connectivity index (χ3v) is 6.40. The van der Waals surface area contributed by atoms with Crippen molar-refractivity contribution in [1.82, 2.24) is 15.0 Å². The van der Waals surface area contributed by atoms with Gasteiger partial charge >= 0.3 is 5.92 Å². The Kier molecular flexibility index (Phi) is 6.35. The summed E-state index contributed by atoms with van der Waals surface area (Å²) in [5.74, 6) is -8.03. The van der Waals surface area contributed by atoms with Gasteiger partial charge in [0.2, 0.25) is 19.8 Å². The lowest BCUT2D eigenvalue weighted by Crippen LogP contribution is -2.67. The standard InChI is InChI=1S/C22H14B4ClF2N3O4/c23-20(24)10-21(25,18(35)30-17(20)34)31-9-12-7-11(1-6-15(12)16(31)33)8-32(26)19(36)22(28,29)13-2-4-14(27)5-3-13/h1-7H,8-10H2,(H,30,34,35)/t21-/m1/s1. The van der Waals surface area contributed by atoms with Crippen molar-refractivity contribution in [3.63, 3.8) is 0 Å². The predicted molar refractivity (Wildman–Crippen MR) is 128 cm³/mol. The van der Waals surface area contributed by atoms with E-state index in [0.29, 0.717) is 15.9 Å². The van der Waals surface area contributed by atoms with Crippen molar-refractivity contribution in [2.24, 2.45) is 0 Å². The summed E-state index contributed by atoms with van der Waals surface area (Å²) < 4.78 is 29.3. The summed E-state index contributed by atoms with van der Waals surface area (Å²) in [5, 5.41) is 0.222. The molecule has 2 aliphatic heterocycles. The maximum atomic E-state index is 14.7. The first-order valence-corrected chi connectivity index (χ1v) is 10.9. The van der Waals surface area contributed by atoms with Crippen LogP contribution in [0.3, 0.4) is 0 Å². The van der Waals surface area contributed by atoms with Crippen molar-refractivity contribution in [2.75, 3.05) is 0 Å². The van der Waals surface area contributed by atoms with Crippen molar-refractivity contribution < 1.29 is 28.0 Å². The highest BCUT2D eigenvalue weighted by molar-refractivity contribution is 6.53. The van der Waals surface area contributed by atoms with Crippen LogP contribution in [0.4, 0.5) is 8.78 Å². The molecule has 2 heterocycles. The second-order valence-electron chi connectivity index (χ2n) is 8.82. The molecule has 7 nitrogen and oxygen atoms in total. The van der Waals surface area contributed by atoms with Gasteiger partial charge in [-0.05, 0) is 41.0 Å². The fraction of sp³-hybridized carbons (Fsp3) is 0.273. The summed E-state index contributed by atoms with van der Waals surface area (Å²) in [5.41, 5.74) is -1.65. The van der Waals surface area contributed by atoms with Crippen LogP contribution in [-0.4, -0.2) is 70.3 Å². The molecule has 0 saturated carbocycles. The largest absolute Gasteiger partial charge is 0.387 e. The number of nitrogens with one attached hydrogen (secondary N) is 1. The number of imide groups is 1. The van der Waals surface area contributed by atoms with E-state index in [1.807, 2.05) is 5.32 Å². The summed E-state index contributed by atoms with van der Waals surface area (Å²) in [4.78, 5) is 51.2. The Balaban J connectivity index is 1.52. The van der Waals surface area contributed by atoms with Crippen molar-refractivity contribution in [2.45, 2.75) is 36.1 Å². The Hall–Kier alpha value is -3.07. The van der Waals surface area contributed by atoms with Gasteiger partial charge in [-0.2, -0.15) is 8.78 Å². The SMILES string of the molecule is [B]N(Cc1ccc2c(c1)CN([C@]1([B])CC([B])([B])C(=O)NC1=O)C2=O)C(=O)C(F)(F)c1ccc(Cl)cc1. The quantitative estimate of drug-likeness (QED) is 0.487. The predicted octanol–water partition coefficient (Wildman–Crippen LogP) is 0.864. The molecule has 14 heteroatoms. The van der Waals surface area contributed by atoms with Crippen molar-refractivity contribution >= 4 is 66.7 Å². The zero-order chi connectivity index (χ0) is 26.6. The Bertz CT molecular complexity index is 1290. The number of nitrogens with zero attached hydrogens (tertiary/aromatic N) is 2. The first-order valence-electron chi connectivity index (χ1n) is 10.5. The van der Waals surface area contributed by atoms with E-state index in [4.69, 9.17) is 43.1 Å². The third kappa shape index (κ3) is 4.34. The third-order valence-electron chi connectivity index (χ3n) is 6.15. The summed E-state index contributed by atoms with van der Waals surface area (Å²) >= 11 is 5.72. The minimum Gasteiger partial charge on any atom is -0.387 e. The Labute approximate surface area is 215 Å². The van der Waals surface area contributed by atoms with Gasteiger partial charge in [-0.25, -0.2) is 0 Å². The number of amides is 4. The Morgan fingerprint density at radius 3 is 2.36 bits per heavy atom. The van der Waals surface area contributed by atoms with Gasteiger partial charge in [-0.3, -0.25) is 24.5 Å². The fourth-order valence-corrected chi connectivity index (χ4v) is 4.30. The minimum atomic E-state index is -3.91. The maximum Gasteiger partial charge on any atom is 0.348 e. The summed E-state index contributed by atoms with van der Waals surface area (Å²) in [7, 11) is 23.4. The molecule has 2 aromatic rings. The molecule has 174 valence electrons. The number of benzene rings is 2. The fourth-order valence-electron chi connectivity index (χ4n) is 4.18. The number of piperidine rings is 1. The molecule has 1 saturated heterocycles. The van der Waals surface area contributed by atoms with Crippen LogP contribution in [-0.2, 0) is 33.4 Å². The Morgan fingerprint density at radius 1 is 1.08 bits per heavy atom. The molecule has 1 atom stereocenters. The van der Waals surface area contributed by atoms with Crippen molar-refractivity contribution in [3.05, 3.63) is 69.7 Å². The lowest BCUT2D eigenvalue weighted by atomic mass is 9.45. The molecule has 2 aromatic carbocycles. The first kappa shape index (κ1) is 26.0. The van der Waals surface area contributed by atoms with E-state index in [1.54, 1.807) is 0 Å². The number of hydrogen-bond acceptors (Lipinski definition) is 4. The second-order valence-corrected chi connectivity index (χ2v) is 9.26. The molecule has 2 aliphatic rings. The van der Waals surface area contributed by atoms with Gasteiger partial charge < -0.3 is 9.71 Å². The summed E-state index contributed by atoms with van der Waals surface area (Å²) in [6, 6.07) is 8.82. The highest BCUT2D eigenvalue weighted by Gasteiger charge is 2.53. The molecule has 1 fully saturated rings. The molecule has 0 aliphatic carbocycles. The van der Waals surface area contributed by atoms with Gasteiger partial charge in [-0.15, -0.1) is 0 Å². The molecule has 0 aromatic heterocycles. The molecule has 4 rings (SSSR count). The van der Waals surface area contributed by atoms with E-state index in [2.05, 4.69) is 0 Å². The van der Waals surface area contributed by atoms with E-state index in [0.717, 1.165) is 17.0 Å². The lowest BCUT2D eigenvalue weighted by Gasteiger charge is -2.46. The summed E-state index contributed by atoms with van der Waals surface area (Å²) in [6.45, 7) is -0.559. The highest BCUT2D eigenvalue weighted by atomic mass is 35.5. The monoisotopic (exact) mass is 501 g/mol. The van der Waals surface area contributed by atoms with Crippen LogP contribution in [0.2, 0.25) is 10.2 Å². The molecular weight excluding hydrogens is 487 g/mol. The van der Waals surface area contributed by atoms with Crippen molar-refractivity contribution in [3.8, 4) is 0 Å². The number of halogens is 3. The lowest BCUT2D eigenvalue weighted by molar-refractivity contribution is -0.154. The van der Waals surface area contributed by atoms with Crippen LogP contribution >= 0.6 is 11.6 Å². The molecule has 36 heavy (non-hydrogen) atoms. The number of rotatable bonds is 5. The van der Waals surface area contributed by atoms with E-state index in [-0.39, 0.29) is 17.1 Å². The number of carbonyl (C=O) groups is 4. The number of alkyl halides is 2. The molecule has 8 radical (unpaired) electrons. The van der Waals surface area contributed by atoms with E-state index in [9.17, 15) is 28.0 Å². The molecule has 0 unspecified atom stereocenters. The second kappa shape index (κ2) is 8.80. The van der Waals surface area contributed by atoms with Gasteiger partial charge in [-0.1, -0.05) is 35.9 Å². The van der Waals surface area contributed by atoms with Crippen LogP contribution in [0.1, 0.15) is 33.5 Å². The van der Waals surface area contributed by atoms with Gasteiger partial charge in [0.05, 0.1) is 21.1 Å². The number of carbonyl (C=O) groups excluding carboxylic acids is 4. The van der Waals surface area contributed by atoms with Gasteiger partial charge in [0.25, 0.3) is 11.8 Å². The minimum absolute atomic E-state index is 0.157. The number of fused-ring (bicyclic) bond motifs is 1. The zero-order valence-corrected chi connectivity index (χ0v) is 19.4. The van der Waals surface area contributed by atoms with Crippen LogP contribution in [0.5, 0.6) is 0 Å². The molecule has 0 spiro atoms. The summed E-state index contributed by atoms with van der Waals surface area (Å²) in [6.07, 6.45) is -0.526. The van der Waals surface area contributed by atoms with Crippen LogP contribution in [0.15, 0.2) is 42.5 Å². The van der Waals surface area contributed by atoms with E-state index >= 15 is 0 Å². The average molecular weight is 501 g/mol. The zero-order valence-electron chi connectivity index (χ0n) is 18.6. The van der Waals surface area contributed by atoms with Crippen LogP contribution in [0.25, 0.3) is 0 Å². The first-order chi connectivity index (χ1) is 16.7. The van der Waals surface area contributed by atoms with E-state index < -0.39 is 58.7 Å². The average Bonchev–Trinajstić information content (AvgIpc) is 3.13.